The van der Waals surface area contributed by atoms with Crippen LogP contribution in [0.25, 0.3) is 0 Å². The van der Waals surface area contributed by atoms with Crippen LogP contribution in [0.5, 0.6) is 0 Å². The van der Waals surface area contributed by atoms with Crippen LogP contribution in [0.4, 0.5) is 10.1 Å². The maximum absolute atomic E-state index is 13.0. The number of para-hydroxylation sites is 1. The molecule has 0 fully saturated rings. The first-order chi connectivity index (χ1) is 10.2. The van der Waals surface area contributed by atoms with Crippen molar-refractivity contribution >= 4 is 5.69 Å². The molecule has 21 heavy (non-hydrogen) atoms. The lowest BCUT2D eigenvalue weighted by atomic mass is 10.1. The highest BCUT2D eigenvalue weighted by Crippen LogP contribution is 2.27. The fraction of sp³-hybridized carbons (Fsp3) is 0.333. The molecule has 0 radical (unpaired) electrons. The number of fused-ring (bicyclic) bond motifs is 1. The lowest BCUT2D eigenvalue weighted by molar-refractivity contribution is 0.620. The second-order valence-electron chi connectivity index (χ2n) is 5.69. The first-order valence-corrected chi connectivity index (χ1v) is 7.58. The number of hydrogen-bond acceptors (Lipinski definition) is 2. The molecule has 0 bridgehead atoms. The smallest absolute Gasteiger partial charge is 0.123 e. The highest BCUT2D eigenvalue weighted by molar-refractivity contribution is 5.54. The largest absolute Gasteiger partial charge is 0.369 e. The van der Waals surface area contributed by atoms with Crippen LogP contribution < -0.4 is 10.6 Å². The van der Waals surface area contributed by atoms with E-state index in [1.807, 2.05) is 0 Å². The second-order valence-corrected chi connectivity index (χ2v) is 5.69. The zero-order valence-electron chi connectivity index (χ0n) is 12.1. The van der Waals surface area contributed by atoms with Gasteiger partial charge < -0.3 is 10.6 Å². The quantitative estimate of drug-likeness (QED) is 0.932. The molecule has 3 rings (SSSR count). The monoisotopic (exact) mass is 284 g/mol. The van der Waals surface area contributed by atoms with Gasteiger partial charge in [-0.25, -0.2) is 4.39 Å². The van der Waals surface area contributed by atoms with E-state index >= 15 is 0 Å². The van der Waals surface area contributed by atoms with Gasteiger partial charge in [0.2, 0.25) is 0 Å². The number of aryl methyl sites for hydroxylation is 1. The van der Waals surface area contributed by atoms with E-state index in [0.29, 0.717) is 0 Å². The Labute approximate surface area is 125 Å². The van der Waals surface area contributed by atoms with Gasteiger partial charge in [-0.05, 0) is 48.6 Å². The van der Waals surface area contributed by atoms with Crippen molar-refractivity contribution in [1.29, 1.82) is 0 Å². The van der Waals surface area contributed by atoms with E-state index in [2.05, 4.69) is 29.2 Å². The van der Waals surface area contributed by atoms with Crippen molar-refractivity contribution in [3.8, 4) is 0 Å². The van der Waals surface area contributed by atoms with Gasteiger partial charge in [0.25, 0.3) is 0 Å². The van der Waals surface area contributed by atoms with E-state index in [-0.39, 0.29) is 11.9 Å². The fourth-order valence-corrected chi connectivity index (χ4v) is 3.01. The van der Waals surface area contributed by atoms with Crippen molar-refractivity contribution in [3.63, 3.8) is 0 Å². The third kappa shape index (κ3) is 3.24. The maximum Gasteiger partial charge on any atom is 0.123 e. The van der Waals surface area contributed by atoms with Crippen molar-refractivity contribution in [2.45, 2.75) is 25.3 Å². The normalized spacial score (nSPS) is 16.2. The molecule has 2 N–H and O–H groups in total. The maximum atomic E-state index is 13.0. The molecule has 1 heterocycles. The van der Waals surface area contributed by atoms with Crippen LogP contribution in [0.2, 0.25) is 0 Å². The summed E-state index contributed by atoms with van der Waals surface area (Å²) in [5.41, 5.74) is 10.0. The molecule has 2 aromatic rings. The zero-order chi connectivity index (χ0) is 14.7. The van der Waals surface area contributed by atoms with Crippen LogP contribution in [0.15, 0.2) is 48.5 Å². The Morgan fingerprint density at radius 3 is 2.62 bits per heavy atom. The van der Waals surface area contributed by atoms with Gasteiger partial charge in [0, 0.05) is 24.8 Å². The standard InChI is InChI=1S/C18H21FN2/c19-16-10-8-14(9-11-16)17(20)13-21-12-4-3-6-15-5-1-2-7-18(15)21/h1-2,5,7-11,17H,3-4,6,12-13,20H2. The summed E-state index contributed by atoms with van der Waals surface area (Å²) in [6.07, 6.45) is 3.54. The number of benzene rings is 2. The van der Waals surface area contributed by atoms with Crippen LogP contribution in [0.3, 0.4) is 0 Å². The molecule has 1 unspecified atom stereocenters. The van der Waals surface area contributed by atoms with Crippen molar-refractivity contribution in [3.05, 3.63) is 65.5 Å². The van der Waals surface area contributed by atoms with Gasteiger partial charge in [0.1, 0.15) is 5.82 Å². The first kappa shape index (κ1) is 14.1. The predicted molar refractivity (Wildman–Crippen MR) is 84.9 cm³/mol. The second kappa shape index (κ2) is 6.27. The zero-order valence-corrected chi connectivity index (χ0v) is 12.1. The minimum atomic E-state index is -0.217. The lowest BCUT2D eigenvalue weighted by Crippen LogP contribution is -2.33. The summed E-state index contributed by atoms with van der Waals surface area (Å²) in [4.78, 5) is 2.37. The Morgan fingerprint density at radius 2 is 1.81 bits per heavy atom. The first-order valence-electron chi connectivity index (χ1n) is 7.58. The van der Waals surface area contributed by atoms with E-state index in [4.69, 9.17) is 5.73 Å². The van der Waals surface area contributed by atoms with Gasteiger partial charge in [-0.2, -0.15) is 0 Å². The molecule has 1 atom stereocenters. The number of nitrogens with zero attached hydrogens (tertiary/aromatic N) is 1. The summed E-state index contributed by atoms with van der Waals surface area (Å²) in [5, 5.41) is 0. The molecule has 2 nitrogen and oxygen atoms in total. The third-order valence-electron chi connectivity index (χ3n) is 4.17. The van der Waals surface area contributed by atoms with Crippen LogP contribution in [-0.4, -0.2) is 13.1 Å². The van der Waals surface area contributed by atoms with Gasteiger partial charge in [0.15, 0.2) is 0 Å². The van der Waals surface area contributed by atoms with Crippen LogP contribution in [0, 0.1) is 5.82 Å². The van der Waals surface area contributed by atoms with E-state index in [9.17, 15) is 4.39 Å². The number of hydrogen-bond donors (Lipinski definition) is 1. The highest BCUT2D eigenvalue weighted by atomic mass is 19.1. The average Bonchev–Trinajstić information content (AvgIpc) is 2.71. The van der Waals surface area contributed by atoms with E-state index in [1.165, 1.54) is 36.2 Å². The predicted octanol–water partition coefficient (Wildman–Crippen LogP) is 3.67. The number of halogens is 1. The van der Waals surface area contributed by atoms with E-state index in [1.54, 1.807) is 12.1 Å². The summed E-state index contributed by atoms with van der Waals surface area (Å²) in [6, 6.07) is 15.0. The van der Waals surface area contributed by atoms with Gasteiger partial charge in [-0.15, -0.1) is 0 Å². The summed E-state index contributed by atoms with van der Waals surface area (Å²) < 4.78 is 13.0. The van der Waals surface area contributed by atoms with Gasteiger partial charge in [-0.3, -0.25) is 0 Å². The van der Waals surface area contributed by atoms with Crippen molar-refractivity contribution in [2.24, 2.45) is 5.73 Å². The number of nitrogens with two attached hydrogens (primary N) is 1. The Kier molecular flexibility index (Phi) is 4.20. The molecular weight excluding hydrogens is 263 g/mol. The summed E-state index contributed by atoms with van der Waals surface area (Å²) >= 11 is 0. The molecule has 3 heteroatoms. The van der Waals surface area contributed by atoms with Crippen molar-refractivity contribution in [2.75, 3.05) is 18.0 Å². The van der Waals surface area contributed by atoms with E-state index in [0.717, 1.165) is 25.1 Å². The molecule has 1 aliphatic rings. The molecule has 0 amide bonds. The van der Waals surface area contributed by atoms with Gasteiger partial charge >= 0.3 is 0 Å². The number of rotatable bonds is 3. The Morgan fingerprint density at radius 1 is 1.05 bits per heavy atom. The molecule has 0 saturated heterocycles. The molecule has 0 spiro atoms. The van der Waals surface area contributed by atoms with Gasteiger partial charge in [0.05, 0.1) is 0 Å². The van der Waals surface area contributed by atoms with Crippen molar-refractivity contribution < 1.29 is 4.39 Å². The van der Waals surface area contributed by atoms with Crippen LogP contribution >= 0.6 is 0 Å². The average molecular weight is 284 g/mol. The minimum Gasteiger partial charge on any atom is -0.369 e. The molecule has 0 saturated carbocycles. The Bertz CT molecular complexity index is 594. The Hall–Kier alpha value is -1.87. The fourth-order valence-electron chi connectivity index (χ4n) is 3.01. The number of anilines is 1. The molecule has 2 aromatic carbocycles. The molecule has 1 aliphatic heterocycles. The van der Waals surface area contributed by atoms with Gasteiger partial charge in [-0.1, -0.05) is 30.3 Å². The lowest BCUT2D eigenvalue weighted by Gasteiger charge is -2.28. The summed E-state index contributed by atoms with van der Waals surface area (Å²) in [5.74, 6) is -0.217. The molecule has 110 valence electrons. The third-order valence-corrected chi connectivity index (χ3v) is 4.17. The summed E-state index contributed by atoms with van der Waals surface area (Å²) in [6.45, 7) is 1.80. The SMILES string of the molecule is NC(CN1CCCCc2ccccc21)c1ccc(F)cc1. The summed E-state index contributed by atoms with van der Waals surface area (Å²) in [7, 11) is 0. The Balaban J connectivity index is 1.79. The van der Waals surface area contributed by atoms with Crippen LogP contribution in [0.1, 0.15) is 30.0 Å². The highest BCUT2D eigenvalue weighted by Gasteiger charge is 2.17. The topological polar surface area (TPSA) is 29.3 Å². The molecule has 0 aromatic heterocycles. The molecular formula is C18H21FN2. The minimum absolute atomic E-state index is 0.100. The molecule has 0 aliphatic carbocycles. The van der Waals surface area contributed by atoms with Crippen LogP contribution in [-0.2, 0) is 6.42 Å². The van der Waals surface area contributed by atoms with E-state index < -0.39 is 0 Å². The van der Waals surface area contributed by atoms with Crippen molar-refractivity contribution in [1.82, 2.24) is 0 Å².